The molecular weight excluding hydrogens is 404 g/mol. The fourth-order valence-electron chi connectivity index (χ4n) is 2.79. The van der Waals surface area contributed by atoms with Gasteiger partial charge in [-0.25, -0.2) is 9.37 Å². The molecule has 1 heterocycles. The fourth-order valence-corrected chi connectivity index (χ4v) is 3.44. The van der Waals surface area contributed by atoms with Crippen LogP contribution in [0, 0.1) is 9.39 Å². The second kappa shape index (κ2) is 6.38. The van der Waals surface area contributed by atoms with Crippen LogP contribution in [-0.2, 0) is 12.4 Å². The van der Waals surface area contributed by atoms with Crippen molar-refractivity contribution >= 4 is 45.2 Å². The van der Waals surface area contributed by atoms with Gasteiger partial charge in [-0.05, 0) is 48.0 Å². The van der Waals surface area contributed by atoms with Gasteiger partial charge < -0.3 is 4.57 Å². The van der Waals surface area contributed by atoms with Crippen LogP contribution in [0.4, 0.5) is 4.39 Å². The molecule has 1 saturated carbocycles. The molecular formula is C15H18ClFIN3. The monoisotopic (exact) mass is 421 g/mol. The zero-order valence-electron chi connectivity index (χ0n) is 12.0. The van der Waals surface area contributed by atoms with Gasteiger partial charge in [0.15, 0.2) is 0 Å². The van der Waals surface area contributed by atoms with E-state index < -0.39 is 0 Å². The normalized spacial score (nSPS) is 15.3. The van der Waals surface area contributed by atoms with E-state index in [1.54, 1.807) is 12.1 Å². The first kappa shape index (κ1) is 15.5. The largest absolute Gasteiger partial charge is 0.326 e. The van der Waals surface area contributed by atoms with Crippen LogP contribution in [0.25, 0.3) is 11.0 Å². The molecule has 6 heteroatoms. The minimum Gasteiger partial charge on any atom is -0.326 e. The van der Waals surface area contributed by atoms with Crippen molar-refractivity contribution in [3.8, 4) is 0 Å². The van der Waals surface area contributed by atoms with Crippen LogP contribution in [-0.4, -0.2) is 33.6 Å². The van der Waals surface area contributed by atoms with Crippen LogP contribution in [0.5, 0.6) is 0 Å². The molecule has 1 aromatic carbocycles. The fraction of sp³-hybridized carbons (Fsp3) is 0.533. The minimum atomic E-state index is -0.195. The third-order valence-electron chi connectivity index (χ3n) is 4.07. The molecule has 0 amide bonds. The number of likely N-dealkylation sites (N-methyl/N-ethyl adjacent to an activating group) is 1. The Hall–Kier alpha value is -0.400. The summed E-state index contributed by atoms with van der Waals surface area (Å²) < 4.78 is 16.5. The first-order valence-corrected chi connectivity index (χ1v) is 8.89. The summed E-state index contributed by atoms with van der Waals surface area (Å²) in [4.78, 5) is 7.02. The highest BCUT2D eigenvalue weighted by atomic mass is 127. The smallest absolute Gasteiger partial charge is 0.138 e. The van der Waals surface area contributed by atoms with Crippen molar-refractivity contribution < 1.29 is 4.39 Å². The Morgan fingerprint density at radius 3 is 2.86 bits per heavy atom. The molecule has 21 heavy (non-hydrogen) atoms. The second-order valence-corrected chi connectivity index (χ2v) is 6.86. The Balaban J connectivity index is 1.90. The highest BCUT2D eigenvalue weighted by Gasteiger charge is 2.27. The Bertz CT molecular complexity index is 654. The summed E-state index contributed by atoms with van der Waals surface area (Å²) in [5, 5.41) is 0. The number of imidazole rings is 1. The zero-order valence-corrected chi connectivity index (χ0v) is 14.9. The van der Waals surface area contributed by atoms with Gasteiger partial charge in [-0.3, -0.25) is 4.90 Å². The number of fused-ring (bicyclic) bond motifs is 1. The van der Waals surface area contributed by atoms with Gasteiger partial charge in [-0.2, -0.15) is 0 Å². The molecule has 2 aromatic rings. The van der Waals surface area contributed by atoms with Crippen molar-refractivity contribution in [1.29, 1.82) is 0 Å². The van der Waals surface area contributed by atoms with E-state index in [1.165, 1.54) is 12.8 Å². The Morgan fingerprint density at radius 2 is 2.24 bits per heavy atom. The van der Waals surface area contributed by atoms with Crippen molar-refractivity contribution in [2.24, 2.45) is 0 Å². The van der Waals surface area contributed by atoms with Crippen LogP contribution in [0.15, 0.2) is 12.1 Å². The van der Waals surface area contributed by atoms with Crippen LogP contribution >= 0.6 is 34.2 Å². The SMILES string of the molecule is CCN(CCn1c(CCl)nc2cc(I)c(F)cc21)C1CC1. The molecule has 1 fully saturated rings. The van der Waals surface area contributed by atoms with Gasteiger partial charge in [0.1, 0.15) is 11.6 Å². The topological polar surface area (TPSA) is 21.1 Å². The molecule has 1 aliphatic rings. The Morgan fingerprint density at radius 1 is 1.48 bits per heavy atom. The summed E-state index contributed by atoms with van der Waals surface area (Å²) in [6, 6.07) is 4.10. The number of benzene rings is 1. The molecule has 1 aliphatic carbocycles. The maximum atomic E-state index is 13.9. The van der Waals surface area contributed by atoms with Crippen molar-refractivity contribution in [2.45, 2.75) is 38.2 Å². The third-order valence-corrected chi connectivity index (χ3v) is 5.13. The molecule has 114 valence electrons. The Labute approximate surface area is 142 Å². The van der Waals surface area contributed by atoms with Crippen LogP contribution in [0.1, 0.15) is 25.6 Å². The molecule has 0 aliphatic heterocycles. The summed E-state index contributed by atoms with van der Waals surface area (Å²) in [5.74, 6) is 0.974. The van der Waals surface area contributed by atoms with Gasteiger partial charge in [0.2, 0.25) is 0 Å². The summed E-state index contributed by atoms with van der Waals surface area (Å²) in [7, 11) is 0. The first-order chi connectivity index (χ1) is 10.1. The number of nitrogens with zero attached hydrogens (tertiary/aromatic N) is 3. The standard InChI is InChI=1S/C15H18ClFIN3/c1-2-20(10-3-4-10)5-6-21-14-7-11(17)12(18)8-13(14)19-15(21)9-16/h7-8,10H,2-6,9H2,1H3. The number of halogens is 3. The van der Waals surface area contributed by atoms with E-state index in [9.17, 15) is 4.39 Å². The first-order valence-electron chi connectivity index (χ1n) is 7.28. The lowest BCUT2D eigenvalue weighted by Crippen LogP contribution is -2.29. The van der Waals surface area contributed by atoms with E-state index in [0.717, 1.165) is 42.5 Å². The van der Waals surface area contributed by atoms with E-state index in [2.05, 4.69) is 21.4 Å². The number of hydrogen-bond acceptors (Lipinski definition) is 2. The highest BCUT2D eigenvalue weighted by Crippen LogP contribution is 2.27. The van der Waals surface area contributed by atoms with Gasteiger partial charge in [0, 0.05) is 25.2 Å². The Kier molecular flexibility index (Phi) is 4.71. The van der Waals surface area contributed by atoms with E-state index in [4.69, 9.17) is 11.6 Å². The average Bonchev–Trinajstić information content (AvgIpc) is 3.25. The van der Waals surface area contributed by atoms with Crippen molar-refractivity contribution in [1.82, 2.24) is 14.5 Å². The number of rotatable bonds is 6. The lowest BCUT2D eigenvalue weighted by atomic mass is 10.3. The number of alkyl halides is 1. The highest BCUT2D eigenvalue weighted by molar-refractivity contribution is 14.1. The summed E-state index contributed by atoms with van der Waals surface area (Å²) in [5.41, 5.74) is 1.67. The average molecular weight is 422 g/mol. The van der Waals surface area contributed by atoms with Crippen molar-refractivity contribution in [3.63, 3.8) is 0 Å². The van der Waals surface area contributed by atoms with E-state index in [0.29, 0.717) is 9.45 Å². The second-order valence-electron chi connectivity index (χ2n) is 5.43. The molecule has 0 N–H and O–H groups in total. The van der Waals surface area contributed by atoms with Crippen molar-refractivity contribution in [2.75, 3.05) is 13.1 Å². The maximum Gasteiger partial charge on any atom is 0.138 e. The van der Waals surface area contributed by atoms with Gasteiger partial charge >= 0.3 is 0 Å². The predicted molar refractivity (Wildman–Crippen MR) is 92.2 cm³/mol. The molecule has 0 saturated heterocycles. The molecule has 0 spiro atoms. The lowest BCUT2D eigenvalue weighted by Gasteiger charge is -2.20. The van der Waals surface area contributed by atoms with E-state index in [1.807, 2.05) is 22.6 Å². The lowest BCUT2D eigenvalue weighted by molar-refractivity contribution is 0.266. The summed E-state index contributed by atoms with van der Waals surface area (Å²) in [6.07, 6.45) is 2.60. The van der Waals surface area contributed by atoms with Gasteiger partial charge in [0.05, 0.1) is 20.5 Å². The maximum absolute atomic E-state index is 13.9. The van der Waals surface area contributed by atoms with E-state index >= 15 is 0 Å². The summed E-state index contributed by atoms with van der Waals surface area (Å²) >= 11 is 8.01. The molecule has 0 bridgehead atoms. The number of aromatic nitrogens is 2. The third kappa shape index (κ3) is 3.19. The van der Waals surface area contributed by atoms with Crippen LogP contribution in [0.3, 0.4) is 0 Å². The predicted octanol–water partition coefficient (Wildman–Crippen LogP) is 4.00. The van der Waals surface area contributed by atoms with Crippen LogP contribution < -0.4 is 0 Å². The molecule has 3 nitrogen and oxygen atoms in total. The molecule has 1 aromatic heterocycles. The van der Waals surface area contributed by atoms with Gasteiger partial charge in [-0.1, -0.05) is 6.92 Å². The molecule has 0 atom stereocenters. The quantitative estimate of drug-likeness (QED) is 0.519. The van der Waals surface area contributed by atoms with Gasteiger partial charge in [0.25, 0.3) is 0 Å². The zero-order chi connectivity index (χ0) is 15.0. The molecule has 3 rings (SSSR count). The minimum absolute atomic E-state index is 0.195. The molecule has 0 radical (unpaired) electrons. The van der Waals surface area contributed by atoms with Crippen molar-refractivity contribution in [3.05, 3.63) is 27.3 Å². The van der Waals surface area contributed by atoms with Crippen LogP contribution in [0.2, 0.25) is 0 Å². The number of hydrogen-bond donors (Lipinski definition) is 0. The summed E-state index contributed by atoms with van der Waals surface area (Å²) in [6.45, 7) is 5.02. The van der Waals surface area contributed by atoms with Gasteiger partial charge in [-0.15, -0.1) is 11.6 Å². The van der Waals surface area contributed by atoms with E-state index in [-0.39, 0.29) is 5.82 Å². The molecule has 0 unspecified atom stereocenters.